The zero-order chi connectivity index (χ0) is 9.40. The van der Waals surface area contributed by atoms with Crippen LogP contribution in [0.4, 0.5) is 0 Å². The fourth-order valence-electron chi connectivity index (χ4n) is 0.509. The quantitative estimate of drug-likeness (QED) is 0.571. The molecule has 0 aliphatic carbocycles. The van der Waals surface area contributed by atoms with Crippen molar-refractivity contribution in [1.82, 2.24) is 4.98 Å². The van der Waals surface area contributed by atoms with Crippen molar-refractivity contribution in [2.45, 2.75) is 0 Å². The van der Waals surface area contributed by atoms with Gasteiger partial charge >= 0.3 is 0 Å². The summed E-state index contributed by atoms with van der Waals surface area (Å²) < 4.78 is 0. The lowest BCUT2D eigenvalue weighted by Gasteiger charge is -1.88. The molecule has 5 heteroatoms. The molecule has 1 amide bonds. The Labute approximate surface area is 68.8 Å². The minimum absolute atomic E-state index is 0.250. The third-order valence-electron chi connectivity index (χ3n) is 0.946. The fraction of sp³-hybridized carbons (Fsp3) is 0. The number of hydrogen-bond acceptors (Lipinski definition) is 3. The minimum atomic E-state index is -0.442. The molecule has 0 fully saturated rings. The van der Waals surface area contributed by atoms with E-state index in [-0.39, 0.29) is 6.47 Å². The number of primary amides is 1. The first-order valence-corrected chi connectivity index (χ1v) is 3.00. The topological polar surface area (TPSA) is 93.3 Å². The molecule has 1 rings (SSSR count). The van der Waals surface area contributed by atoms with Crippen LogP contribution in [0.15, 0.2) is 24.5 Å². The summed E-state index contributed by atoms with van der Waals surface area (Å²) in [5.41, 5.74) is 5.38. The predicted molar refractivity (Wildman–Crippen MR) is 41.4 cm³/mol. The van der Waals surface area contributed by atoms with Crippen LogP contribution in [-0.2, 0) is 4.79 Å². The summed E-state index contributed by atoms with van der Waals surface area (Å²) in [7, 11) is 0. The molecule has 0 saturated heterocycles. The maximum Gasteiger partial charge on any atom is 0.290 e. The molecule has 1 aromatic heterocycles. The van der Waals surface area contributed by atoms with Crippen molar-refractivity contribution in [3.8, 4) is 0 Å². The molecule has 0 spiro atoms. The number of pyridine rings is 1. The van der Waals surface area contributed by atoms with Gasteiger partial charge in [0.25, 0.3) is 6.47 Å². The van der Waals surface area contributed by atoms with E-state index in [2.05, 4.69) is 4.98 Å². The highest BCUT2D eigenvalue weighted by molar-refractivity contribution is 5.92. The minimum Gasteiger partial charge on any atom is -0.483 e. The first-order chi connectivity index (χ1) is 5.72. The molecule has 0 aliphatic rings. The van der Waals surface area contributed by atoms with E-state index in [0.717, 1.165) is 0 Å². The number of amides is 1. The number of nitrogens with zero attached hydrogens (tertiary/aromatic N) is 1. The largest absolute Gasteiger partial charge is 0.483 e. The highest BCUT2D eigenvalue weighted by Crippen LogP contribution is 1.91. The molecule has 0 radical (unpaired) electrons. The number of aromatic nitrogens is 1. The number of hydrogen-bond donors (Lipinski definition) is 2. The van der Waals surface area contributed by atoms with Gasteiger partial charge in [0.1, 0.15) is 0 Å². The van der Waals surface area contributed by atoms with Crippen molar-refractivity contribution >= 4 is 12.4 Å². The van der Waals surface area contributed by atoms with Crippen molar-refractivity contribution in [2.24, 2.45) is 5.73 Å². The fourth-order valence-corrected chi connectivity index (χ4v) is 0.509. The summed E-state index contributed by atoms with van der Waals surface area (Å²) >= 11 is 0. The zero-order valence-electron chi connectivity index (χ0n) is 6.18. The molecule has 0 atom stereocenters. The third kappa shape index (κ3) is 3.99. The Morgan fingerprint density at radius 3 is 2.50 bits per heavy atom. The Bertz CT molecular complexity index is 248. The van der Waals surface area contributed by atoms with Gasteiger partial charge in [-0.05, 0) is 12.1 Å². The number of carbonyl (C=O) groups excluding carboxylic acids is 1. The Balaban J connectivity index is 0.000000354. The highest BCUT2D eigenvalue weighted by atomic mass is 16.3. The van der Waals surface area contributed by atoms with Gasteiger partial charge in [-0.15, -0.1) is 0 Å². The van der Waals surface area contributed by atoms with Crippen LogP contribution >= 0.6 is 0 Å². The SMILES string of the molecule is NC(=O)c1cccnc1.O=CO. The van der Waals surface area contributed by atoms with Crippen molar-refractivity contribution in [1.29, 1.82) is 0 Å². The molecule has 0 saturated carbocycles. The summed E-state index contributed by atoms with van der Waals surface area (Å²) in [6.07, 6.45) is 3.02. The standard InChI is InChI=1S/C6H6N2O.CH2O2/c7-6(9)5-2-1-3-8-4-5;2-1-3/h1-4H,(H2,7,9);1H,(H,2,3). The van der Waals surface area contributed by atoms with E-state index in [1.54, 1.807) is 18.3 Å². The Kier molecular flexibility index (Phi) is 4.91. The second-order valence-corrected chi connectivity index (χ2v) is 1.71. The lowest BCUT2D eigenvalue weighted by Crippen LogP contribution is -2.10. The Morgan fingerprint density at radius 2 is 2.25 bits per heavy atom. The van der Waals surface area contributed by atoms with Crippen LogP contribution in [0.3, 0.4) is 0 Å². The average molecular weight is 168 g/mol. The maximum absolute atomic E-state index is 10.4. The van der Waals surface area contributed by atoms with Gasteiger partial charge in [0.2, 0.25) is 5.91 Å². The van der Waals surface area contributed by atoms with Crippen molar-refractivity contribution in [2.75, 3.05) is 0 Å². The van der Waals surface area contributed by atoms with Crippen molar-refractivity contribution in [3.63, 3.8) is 0 Å². The van der Waals surface area contributed by atoms with Crippen LogP contribution in [0.25, 0.3) is 0 Å². The van der Waals surface area contributed by atoms with E-state index in [1.807, 2.05) is 0 Å². The van der Waals surface area contributed by atoms with E-state index >= 15 is 0 Å². The molecule has 1 aromatic rings. The molecule has 12 heavy (non-hydrogen) atoms. The van der Waals surface area contributed by atoms with Gasteiger partial charge in [-0.25, -0.2) is 0 Å². The van der Waals surface area contributed by atoms with Crippen molar-refractivity contribution < 1.29 is 14.7 Å². The van der Waals surface area contributed by atoms with Crippen LogP contribution in [0, 0.1) is 0 Å². The van der Waals surface area contributed by atoms with E-state index in [0.29, 0.717) is 5.56 Å². The van der Waals surface area contributed by atoms with Crippen LogP contribution in [-0.4, -0.2) is 22.5 Å². The van der Waals surface area contributed by atoms with E-state index in [4.69, 9.17) is 15.6 Å². The second kappa shape index (κ2) is 5.84. The molecule has 1 heterocycles. The molecule has 0 aliphatic heterocycles. The first-order valence-electron chi connectivity index (χ1n) is 3.00. The highest BCUT2D eigenvalue weighted by Gasteiger charge is 1.94. The van der Waals surface area contributed by atoms with Gasteiger partial charge in [-0.3, -0.25) is 14.6 Å². The number of carboxylic acid groups (broad SMARTS) is 1. The van der Waals surface area contributed by atoms with Gasteiger partial charge in [-0.2, -0.15) is 0 Å². The third-order valence-corrected chi connectivity index (χ3v) is 0.946. The lowest BCUT2D eigenvalue weighted by molar-refractivity contribution is -0.122. The number of rotatable bonds is 1. The van der Waals surface area contributed by atoms with Crippen LogP contribution in [0.1, 0.15) is 10.4 Å². The normalized spacial score (nSPS) is 7.67. The summed E-state index contributed by atoms with van der Waals surface area (Å²) in [6, 6.07) is 3.29. The van der Waals surface area contributed by atoms with Crippen molar-refractivity contribution in [3.05, 3.63) is 30.1 Å². The molecule has 64 valence electrons. The predicted octanol–water partition coefficient (Wildman–Crippen LogP) is -0.119. The summed E-state index contributed by atoms with van der Waals surface area (Å²) in [5.74, 6) is -0.442. The van der Waals surface area contributed by atoms with Crippen LogP contribution in [0.5, 0.6) is 0 Å². The van der Waals surface area contributed by atoms with Crippen LogP contribution in [0.2, 0.25) is 0 Å². The van der Waals surface area contributed by atoms with E-state index in [9.17, 15) is 4.79 Å². The summed E-state index contributed by atoms with van der Waals surface area (Å²) in [6.45, 7) is -0.250. The second-order valence-electron chi connectivity index (χ2n) is 1.71. The van der Waals surface area contributed by atoms with Gasteiger partial charge < -0.3 is 10.8 Å². The molecular formula is C7H8N2O3. The van der Waals surface area contributed by atoms with Gasteiger partial charge in [0.15, 0.2) is 0 Å². The molecule has 0 unspecified atom stereocenters. The molecular weight excluding hydrogens is 160 g/mol. The monoisotopic (exact) mass is 168 g/mol. The van der Waals surface area contributed by atoms with Gasteiger partial charge in [0.05, 0.1) is 5.56 Å². The number of nitrogens with two attached hydrogens (primary N) is 1. The smallest absolute Gasteiger partial charge is 0.290 e. The molecule has 3 N–H and O–H groups in total. The molecule has 0 aromatic carbocycles. The average Bonchev–Trinajstić information content (AvgIpc) is 2.07. The zero-order valence-corrected chi connectivity index (χ0v) is 6.18. The summed E-state index contributed by atoms with van der Waals surface area (Å²) in [5, 5.41) is 6.89. The maximum atomic E-state index is 10.4. The Hall–Kier alpha value is -1.91. The van der Waals surface area contributed by atoms with Crippen LogP contribution < -0.4 is 5.73 Å². The van der Waals surface area contributed by atoms with E-state index < -0.39 is 5.91 Å². The Morgan fingerprint density at radius 1 is 1.67 bits per heavy atom. The molecule has 5 nitrogen and oxygen atoms in total. The lowest BCUT2D eigenvalue weighted by atomic mass is 10.3. The van der Waals surface area contributed by atoms with Gasteiger partial charge in [0, 0.05) is 12.4 Å². The number of carbonyl (C=O) groups is 2. The van der Waals surface area contributed by atoms with E-state index in [1.165, 1.54) is 6.20 Å². The first kappa shape index (κ1) is 10.1. The van der Waals surface area contributed by atoms with Gasteiger partial charge in [-0.1, -0.05) is 0 Å². The molecule has 0 bridgehead atoms. The summed E-state index contributed by atoms with van der Waals surface area (Å²) in [4.78, 5) is 22.4.